The zero-order chi connectivity index (χ0) is 9.19. The highest BCUT2D eigenvalue weighted by molar-refractivity contribution is 5.78. The molecule has 4 heteroatoms. The number of halogens is 1. The van der Waals surface area contributed by atoms with E-state index in [4.69, 9.17) is 5.11 Å². The molecule has 0 radical (unpaired) electrons. The molecule has 3 nitrogen and oxygen atoms in total. The minimum atomic E-state index is -2.33. The van der Waals surface area contributed by atoms with E-state index in [1.165, 1.54) is 24.5 Å². The fraction of sp³-hybridized carbons (Fsp3) is 0.250. The fourth-order valence-electron chi connectivity index (χ4n) is 0.788. The molecule has 0 aliphatic rings. The highest BCUT2D eigenvalue weighted by Gasteiger charge is 2.34. The second-order valence-electron chi connectivity index (χ2n) is 2.54. The standard InChI is InChI=1S/C8H8FNO2/c1-8(9,7(11)12)6-2-4-10-5-3-6/h2-5H,1H3,(H,11,12). The van der Waals surface area contributed by atoms with Crippen LogP contribution in [0.1, 0.15) is 12.5 Å². The van der Waals surface area contributed by atoms with E-state index in [0.717, 1.165) is 6.92 Å². The Kier molecular flexibility index (Phi) is 2.08. The molecule has 0 fully saturated rings. The first kappa shape index (κ1) is 8.64. The van der Waals surface area contributed by atoms with E-state index in [1.807, 2.05) is 0 Å². The molecule has 0 aliphatic carbocycles. The topological polar surface area (TPSA) is 50.2 Å². The molecule has 1 aromatic rings. The second kappa shape index (κ2) is 2.89. The Bertz CT molecular complexity index is 284. The summed E-state index contributed by atoms with van der Waals surface area (Å²) >= 11 is 0. The van der Waals surface area contributed by atoms with Crippen LogP contribution in [0.2, 0.25) is 0 Å². The third kappa shape index (κ3) is 1.42. The summed E-state index contributed by atoms with van der Waals surface area (Å²) in [6.45, 7) is 1.00. The Morgan fingerprint density at radius 1 is 1.58 bits per heavy atom. The molecule has 1 heterocycles. The number of aliphatic carboxylic acids is 1. The molecular formula is C8H8FNO2. The van der Waals surface area contributed by atoms with Gasteiger partial charge in [-0.15, -0.1) is 0 Å². The summed E-state index contributed by atoms with van der Waals surface area (Å²) in [7, 11) is 0. The van der Waals surface area contributed by atoms with Gasteiger partial charge in [0.15, 0.2) is 0 Å². The van der Waals surface area contributed by atoms with Crippen molar-refractivity contribution in [3.8, 4) is 0 Å². The number of carboxylic acids is 1. The maximum absolute atomic E-state index is 13.3. The van der Waals surface area contributed by atoms with Crippen molar-refractivity contribution in [1.29, 1.82) is 0 Å². The molecule has 0 bridgehead atoms. The van der Waals surface area contributed by atoms with E-state index in [0.29, 0.717) is 0 Å². The van der Waals surface area contributed by atoms with Gasteiger partial charge in [-0.1, -0.05) is 0 Å². The highest BCUT2D eigenvalue weighted by Crippen LogP contribution is 2.24. The normalized spacial score (nSPS) is 15.2. The molecule has 0 amide bonds. The van der Waals surface area contributed by atoms with E-state index in [9.17, 15) is 9.18 Å². The molecule has 64 valence electrons. The number of rotatable bonds is 2. The van der Waals surface area contributed by atoms with Crippen LogP contribution in [-0.2, 0) is 10.5 Å². The van der Waals surface area contributed by atoms with E-state index in [2.05, 4.69) is 4.98 Å². The smallest absolute Gasteiger partial charge is 0.345 e. The lowest BCUT2D eigenvalue weighted by molar-refractivity contribution is -0.150. The summed E-state index contributed by atoms with van der Waals surface area (Å²) in [5, 5.41) is 8.50. The van der Waals surface area contributed by atoms with Crippen molar-refractivity contribution in [3.05, 3.63) is 30.1 Å². The van der Waals surface area contributed by atoms with E-state index >= 15 is 0 Å². The first-order chi connectivity index (χ1) is 5.55. The van der Waals surface area contributed by atoms with Crippen LogP contribution in [0.3, 0.4) is 0 Å². The minimum Gasteiger partial charge on any atom is -0.479 e. The Hall–Kier alpha value is -1.45. The van der Waals surface area contributed by atoms with Crippen molar-refractivity contribution in [2.45, 2.75) is 12.6 Å². The van der Waals surface area contributed by atoms with Crippen molar-refractivity contribution in [2.24, 2.45) is 0 Å². The van der Waals surface area contributed by atoms with Crippen molar-refractivity contribution < 1.29 is 14.3 Å². The monoisotopic (exact) mass is 169 g/mol. The van der Waals surface area contributed by atoms with Gasteiger partial charge in [0, 0.05) is 18.0 Å². The number of pyridine rings is 1. The number of nitrogens with zero attached hydrogens (tertiary/aromatic N) is 1. The van der Waals surface area contributed by atoms with Gasteiger partial charge >= 0.3 is 5.97 Å². The largest absolute Gasteiger partial charge is 0.479 e. The van der Waals surface area contributed by atoms with Gasteiger partial charge in [0.1, 0.15) is 0 Å². The van der Waals surface area contributed by atoms with Crippen LogP contribution in [0.4, 0.5) is 4.39 Å². The summed E-state index contributed by atoms with van der Waals surface area (Å²) in [5.74, 6) is -1.49. The Labute approximate surface area is 68.9 Å². The van der Waals surface area contributed by atoms with E-state index < -0.39 is 11.6 Å². The summed E-state index contributed by atoms with van der Waals surface area (Å²) in [5.41, 5.74) is -2.23. The predicted octanol–water partition coefficient (Wildman–Crippen LogP) is 1.35. The number of alkyl halides is 1. The molecule has 1 unspecified atom stereocenters. The van der Waals surface area contributed by atoms with Crippen LogP contribution in [-0.4, -0.2) is 16.1 Å². The first-order valence-electron chi connectivity index (χ1n) is 3.38. The Balaban J connectivity index is 3.06. The average Bonchev–Trinajstić information content (AvgIpc) is 2.06. The molecule has 0 spiro atoms. The van der Waals surface area contributed by atoms with Crippen molar-refractivity contribution >= 4 is 5.97 Å². The molecule has 0 aromatic carbocycles. The molecule has 0 aliphatic heterocycles. The van der Waals surface area contributed by atoms with Crippen LogP contribution >= 0.6 is 0 Å². The summed E-state index contributed by atoms with van der Waals surface area (Å²) in [4.78, 5) is 14.1. The number of carbonyl (C=O) groups is 1. The van der Waals surface area contributed by atoms with Gasteiger partial charge in [0.25, 0.3) is 0 Å². The minimum absolute atomic E-state index is 0.102. The van der Waals surface area contributed by atoms with Crippen LogP contribution < -0.4 is 0 Å². The van der Waals surface area contributed by atoms with Gasteiger partial charge in [-0.2, -0.15) is 0 Å². The van der Waals surface area contributed by atoms with Crippen molar-refractivity contribution in [3.63, 3.8) is 0 Å². The SMILES string of the molecule is CC(F)(C(=O)O)c1ccncc1. The molecule has 0 saturated carbocycles. The van der Waals surface area contributed by atoms with Crippen molar-refractivity contribution in [2.75, 3.05) is 0 Å². The van der Waals surface area contributed by atoms with Crippen LogP contribution in [0, 0.1) is 0 Å². The lowest BCUT2D eigenvalue weighted by Gasteiger charge is -2.14. The van der Waals surface area contributed by atoms with Crippen molar-refractivity contribution in [1.82, 2.24) is 4.98 Å². The van der Waals surface area contributed by atoms with Gasteiger partial charge < -0.3 is 5.11 Å². The van der Waals surface area contributed by atoms with Gasteiger partial charge in [0.2, 0.25) is 5.67 Å². The molecule has 1 rings (SSSR count). The fourth-order valence-corrected chi connectivity index (χ4v) is 0.788. The highest BCUT2D eigenvalue weighted by atomic mass is 19.1. The molecule has 12 heavy (non-hydrogen) atoms. The molecule has 1 atom stereocenters. The van der Waals surface area contributed by atoms with E-state index in [-0.39, 0.29) is 5.56 Å². The lowest BCUT2D eigenvalue weighted by atomic mass is 10.00. The molecular weight excluding hydrogens is 161 g/mol. The lowest BCUT2D eigenvalue weighted by Crippen LogP contribution is -2.26. The van der Waals surface area contributed by atoms with Crippen LogP contribution in [0.15, 0.2) is 24.5 Å². The summed E-state index contributed by atoms with van der Waals surface area (Å²) in [6.07, 6.45) is 2.71. The predicted molar refractivity (Wildman–Crippen MR) is 40.3 cm³/mol. The summed E-state index contributed by atoms with van der Waals surface area (Å²) < 4.78 is 13.3. The Morgan fingerprint density at radius 3 is 2.50 bits per heavy atom. The van der Waals surface area contributed by atoms with Gasteiger partial charge in [-0.05, 0) is 19.1 Å². The number of hydrogen-bond acceptors (Lipinski definition) is 2. The number of aromatic nitrogens is 1. The quantitative estimate of drug-likeness (QED) is 0.727. The summed E-state index contributed by atoms with van der Waals surface area (Å²) in [6, 6.07) is 2.68. The van der Waals surface area contributed by atoms with Gasteiger partial charge in [-0.3, -0.25) is 4.98 Å². The maximum Gasteiger partial charge on any atom is 0.345 e. The van der Waals surface area contributed by atoms with Crippen LogP contribution in [0.25, 0.3) is 0 Å². The van der Waals surface area contributed by atoms with Crippen LogP contribution in [0.5, 0.6) is 0 Å². The third-order valence-electron chi connectivity index (χ3n) is 1.62. The maximum atomic E-state index is 13.3. The number of carboxylic acid groups (broad SMARTS) is 1. The van der Waals surface area contributed by atoms with Gasteiger partial charge in [-0.25, -0.2) is 9.18 Å². The zero-order valence-corrected chi connectivity index (χ0v) is 6.49. The zero-order valence-electron chi connectivity index (χ0n) is 6.49. The average molecular weight is 169 g/mol. The molecule has 0 saturated heterocycles. The van der Waals surface area contributed by atoms with Gasteiger partial charge in [0.05, 0.1) is 0 Å². The molecule has 1 aromatic heterocycles. The third-order valence-corrected chi connectivity index (χ3v) is 1.62. The first-order valence-corrected chi connectivity index (χ1v) is 3.38. The Morgan fingerprint density at radius 2 is 2.08 bits per heavy atom. The second-order valence-corrected chi connectivity index (χ2v) is 2.54. The molecule has 1 N–H and O–H groups in total. The van der Waals surface area contributed by atoms with E-state index in [1.54, 1.807) is 0 Å². The number of hydrogen-bond donors (Lipinski definition) is 1.